The summed E-state index contributed by atoms with van der Waals surface area (Å²) >= 11 is 0. The van der Waals surface area contributed by atoms with Gasteiger partial charge in [-0.25, -0.2) is 4.98 Å². The molecule has 4 aromatic rings. The molecule has 0 aliphatic carbocycles. The van der Waals surface area contributed by atoms with Gasteiger partial charge < -0.3 is 24.7 Å². The Labute approximate surface area is 192 Å². The number of hydrogen-bond acceptors (Lipinski definition) is 6. The van der Waals surface area contributed by atoms with E-state index < -0.39 is 0 Å². The molecular weight excluding hydrogens is 418 g/mol. The van der Waals surface area contributed by atoms with Crippen molar-refractivity contribution >= 4 is 28.6 Å². The first-order chi connectivity index (χ1) is 15.8. The van der Waals surface area contributed by atoms with Gasteiger partial charge in [0.05, 0.1) is 14.2 Å². The van der Waals surface area contributed by atoms with Crippen LogP contribution in [0.2, 0.25) is 0 Å². The lowest BCUT2D eigenvalue weighted by atomic mass is 10.1. The molecule has 0 bridgehead atoms. The van der Waals surface area contributed by atoms with Gasteiger partial charge in [-0.05, 0) is 63.2 Å². The van der Waals surface area contributed by atoms with Crippen molar-refractivity contribution in [2.45, 2.75) is 26.3 Å². The van der Waals surface area contributed by atoms with Gasteiger partial charge in [0, 0.05) is 46.3 Å². The SMILES string of the molecule is COc1ccc(Nc2ncc3ccn(-c4ccc(C(=O)NC(C)(C)C)cc4)c3n2)cc1OC. The molecule has 2 aromatic carbocycles. The highest BCUT2D eigenvalue weighted by Gasteiger charge is 2.15. The van der Waals surface area contributed by atoms with Crippen LogP contribution in [-0.2, 0) is 0 Å². The van der Waals surface area contributed by atoms with Crippen LogP contribution >= 0.6 is 0 Å². The fraction of sp³-hybridized carbons (Fsp3) is 0.240. The Balaban J connectivity index is 1.60. The molecule has 0 unspecified atom stereocenters. The molecule has 33 heavy (non-hydrogen) atoms. The average molecular weight is 446 g/mol. The smallest absolute Gasteiger partial charge is 0.251 e. The van der Waals surface area contributed by atoms with Crippen molar-refractivity contribution in [3.63, 3.8) is 0 Å². The number of amides is 1. The molecular formula is C25H27N5O3. The summed E-state index contributed by atoms with van der Waals surface area (Å²) in [5, 5.41) is 7.09. The van der Waals surface area contributed by atoms with Crippen molar-refractivity contribution in [3.8, 4) is 17.2 Å². The van der Waals surface area contributed by atoms with Gasteiger partial charge in [-0.3, -0.25) is 4.79 Å². The molecule has 2 aromatic heterocycles. The Kier molecular flexibility index (Phi) is 5.91. The van der Waals surface area contributed by atoms with Crippen molar-refractivity contribution in [2.75, 3.05) is 19.5 Å². The second kappa shape index (κ2) is 8.82. The van der Waals surface area contributed by atoms with Crippen molar-refractivity contribution in [2.24, 2.45) is 0 Å². The van der Waals surface area contributed by atoms with Crippen LogP contribution in [-0.4, -0.2) is 40.2 Å². The first-order valence-corrected chi connectivity index (χ1v) is 10.5. The number of nitrogens with zero attached hydrogens (tertiary/aromatic N) is 3. The summed E-state index contributed by atoms with van der Waals surface area (Å²) in [6.45, 7) is 5.87. The van der Waals surface area contributed by atoms with Crippen molar-refractivity contribution in [1.29, 1.82) is 0 Å². The predicted octanol–water partition coefficient (Wildman–Crippen LogP) is 4.71. The average Bonchev–Trinajstić information content (AvgIpc) is 3.21. The molecule has 2 heterocycles. The summed E-state index contributed by atoms with van der Waals surface area (Å²) in [4.78, 5) is 21.5. The Hall–Kier alpha value is -4.07. The van der Waals surface area contributed by atoms with Crippen LogP contribution in [0, 0.1) is 0 Å². The van der Waals surface area contributed by atoms with Crippen LogP contribution in [0.1, 0.15) is 31.1 Å². The molecule has 0 saturated carbocycles. The van der Waals surface area contributed by atoms with E-state index in [0.717, 1.165) is 22.4 Å². The minimum absolute atomic E-state index is 0.102. The Morgan fingerprint density at radius 1 is 0.970 bits per heavy atom. The van der Waals surface area contributed by atoms with E-state index in [1.54, 1.807) is 20.4 Å². The summed E-state index contributed by atoms with van der Waals surface area (Å²) in [6.07, 6.45) is 3.71. The van der Waals surface area contributed by atoms with Gasteiger partial charge in [-0.1, -0.05) is 0 Å². The van der Waals surface area contributed by atoms with Crippen molar-refractivity contribution in [3.05, 3.63) is 66.5 Å². The maximum absolute atomic E-state index is 12.4. The zero-order chi connectivity index (χ0) is 23.6. The summed E-state index contributed by atoms with van der Waals surface area (Å²) < 4.78 is 12.6. The summed E-state index contributed by atoms with van der Waals surface area (Å²) in [6, 6.07) is 14.9. The number of carbonyl (C=O) groups is 1. The van der Waals surface area contributed by atoms with Crippen LogP contribution < -0.4 is 20.1 Å². The quantitative estimate of drug-likeness (QED) is 0.447. The number of benzene rings is 2. The van der Waals surface area contributed by atoms with Gasteiger partial charge in [0.15, 0.2) is 11.5 Å². The number of rotatable bonds is 6. The predicted molar refractivity (Wildman–Crippen MR) is 129 cm³/mol. The van der Waals surface area contributed by atoms with Crippen LogP contribution in [0.5, 0.6) is 11.5 Å². The Morgan fingerprint density at radius 2 is 1.70 bits per heavy atom. The molecule has 8 nitrogen and oxygen atoms in total. The van der Waals surface area contributed by atoms with Crippen molar-refractivity contribution in [1.82, 2.24) is 19.9 Å². The molecule has 0 spiro atoms. The summed E-state index contributed by atoms with van der Waals surface area (Å²) in [7, 11) is 3.19. The fourth-order valence-corrected chi connectivity index (χ4v) is 3.42. The highest BCUT2D eigenvalue weighted by Crippen LogP contribution is 2.31. The Morgan fingerprint density at radius 3 is 2.36 bits per heavy atom. The molecule has 0 fully saturated rings. The van der Waals surface area contributed by atoms with Crippen LogP contribution in [0.4, 0.5) is 11.6 Å². The molecule has 8 heteroatoms. The van der Waals surface area contributed by atoms with E-state index in [2.05, 4.69) is 15.6 Å². The number of nitrogens with one attached hydrogen (secondary N) is 2. The lowest BCUT2D eigenvalue weighted by Gasteiger charge is -2.20. The molecule has 0 radical (unpaired) electrons. The number of anilines is 2. The number of carbonyl (C=O) groups excluding carboxylic acids is 1. The minimum Gasteiger partial charge on any atom is -0.493 e. The van der Waals surface area contributed by atoms with E-state index in [-0.39, 0.29) is 11.4 Å². The van der Waals surface area contributed by atoms with Crippen LogP contribution in [0.3, 0.4) is 0 Å². The normalized spacial score (nSPS) is 11.3. The number of methoxy groups -OCH3 is 2. The lowest BCUT2D eigenvalue weighted by Crippen LogP contribution is -2.40. The van der Waals surface area contributed by atoms with Gasteiger partial charge in [0.2, 0.25) is 5.95 Å². The molecule has 4 rings (SSSR count). The second-order valence-corrected chi connectivity index (χ2v) is 8.60. The van der Waals surface area contributed by atoms with E-state index in [1.165, 1.54) is 0 Å². The zero-order valence-electron chi connectivity index (χ0n) is 19.3. The van der Waals surface area contributed by atoms with Crippen LogP contribution in [0.15, 0.2) is 60.9 Å². The zero-order valence-corrected chi connectivity index (χ0v) is 19.3. The standard InChI is InChI=1S/C25H27N5O3/c1-25(2,3)29-23(31)16-6-9-19(10-7-16)30-13-12-17-15-26-24(28-22(17)30)27-18-8-11-20(32-4)21(14-18)33-5/h6-15H,1-5H3,(H,29,31)(H,26,27,28). The van der Waals surface area contributed by atoms with E-state index >= 15 is 0 Å². The maximum atomic E-state index is 12.4. The van der Waals surface area contributed by atoms with Gasteiger partial charge in [-0.15, -0.1) is 0 Å². The molecule has 1 amide bonds. The molecule has 0 atom stereocenters. The van der Waals surface area contributed by atoms with Gasteiger partial charge >= 0.3 is 0 Å². The van der Waals surface area contributed by atoms with Gasteiger partial charge in [0.1, 0.15) is 5.65 Å². The number of hydrogen-bond donors (Lipinski definition) is 2. The lowest BCUT2D eigenvalue weighted by molar-refractivity contribution is 0.0919. The van der Waals surface area contributed by atoms with E-state index in [4.69, 9.17) is 14.5 Å². The largest absolute Gasteiger partial charge is 0.493 e. The summed E-state index contributed by atoms with van der Waals surface area (Å²) in [5.41, 5.74) is 2.74. The Bertz CT molecular complexity index is 1290. The number of aromatic nitrogens is 3. The highest BCUT2D eigenvalue weighted by atomic mass is 16.5. The molecule has 2 N–H and O–H groups in total. The van der Waals surface area contributed by atoms with Gasteiger partial charge in [-0.2, -0.15) is 4.98 Å². The first kappa shape index (κ1) is 22.1. The fourth-order valence-electron chi connectivity index (χ4n) is 3.42. The third-order valence-corrected chi connectivity index (χ3v) is 4.96. The highest BCUT2D eigenvalue weighted by molar-refractivity contribution is 5.94. The minimum atomic E-state index is -0.291. The molecule has 0 saturated heterocycles. The monoisotopic (exact) mass is 445 g/mol. The summed E-state index contributed by atoms with van der Waals surface area (Å²) in [5.74, 6) is 1.61. The maximum Gasteiger partial charge on any atom is 0.251 e. The van der Waals surface area contributed by atoms with E-state index in [9.17, 15) is 4.79 Å². The molecule has 170 valence electrons. The van der Waals surface area contributed by atoms with E-state index in [0.29, 0.717) is 23.0 Å². The van der Waals surface area contributed by atoms with Crippen molar-refractivity contribution < 1.29 is 14.3 Å². The van der Waals surface area contributed by atoms with Crippen LogP contribution in [0.25, 0.3) is 16.7 Å². The topological polar surface area (TPSA) is 90.3 Å². The second-order valence-electron chi connectivity index (χ2n) is 8.60. The third kappa shape index (κ3) is 4.90. The molecule has 0 aliphatic rings. The first-order valence-electron chi connectivity index (χ1n) is 10.5. The number of fused-ring (bicyclic) bond motifs is 1. The molecule has 0 aliphatic heterocycles. The van der Waals surface area contributed by atoms with Gasteiger partial charge in [0.25, 0.3) is 5.91 Å². The third-order valence-electron chi connectivity index (χ3n) is 4.96. The van der Waals surface area contributed by atoms with E-state index in [1.807, 2.05) is 80.1 Å². The number of ether oxygens (including phenoxy) is 2.